The van der Waals surface area contributed by atoms with E-state index in [1.807, 2.05) is 16.9 Å². The van der Waals surface area contributed by atoms with Gasteiger partial charge in [0.1, 0.15) is 0 Å². The summed E-state index contributed by atoms with van der Waals surface area (Å²) in [6, 6.07) is 2.02. The van der Waals surface area contributed by atoms with E-state index in [0.717, 1.165) is 31.9 Å². The molecule has 6 heteroatoms. The monoisotopic (exact) mass is 315 g/mol. The van der Waals surface area contributed by atoms with Gasteiger partial charge in [-0.25, -0.2) is 0 Å². The zero-order valence-electron chi connectivity index (χ0n) is 13.5. The number of aliphatic hydroxyl groups excluding tert-OH is 1. The highest BCUT2D eigenvalue weighted by Gasteiger charge is 2.23. The van der Waals surface area contributed by atoms with Crippen LogP contribution in [-0.4, -0.2) is 36.5 Å². The summed E-state index contributed by atoms with van der Waals surface area (Å²) in [5.74, 6) is 0.664. The lowest BCUT2D eigenvalue weighted by atomic mass is 9.85. The zero-order chi connectivity index (χ0) is 15.6. The van der Waals surface area contributed by atoms with Crippen LogP contribution in [0.4, 0.5) is 0 Å². The van der Waals surface area contributed by atoms with Gasteiger partial charge in [-0.3, -0.25) is 14.7 Å². The Bertz CT molecular complexity index is 656. The summed E-state index contributed by atoms with van der Waals surface area (Å²) in [5.41, 5.74) is 4.68. The number of hydrogen-bond donors (Lipinski definition) is 2. The van der Waals surface area contributed by atoms with Gasteiger partial charge >= 0.3 is 0 Å². The van der Waals surface area contributed by atoms with E-state index in [0.29, 0.717) is 5.92 Å². The lowest BCUT2D eigenvalue weighted by molar-refractivity contribution is 0.203. The number of hydrogen-bond acceptors (Lipinski definition) is 4. The quantitative estimate of drug-likeness (QED) is 0.907. The van der Waals surface area contributed by atoms with E-state index in [-0.39, 0.29) is 6.61 Å². The Morgan fingerprint density at radius 2 is 2.09 bits per heavy atom. The van der Waals surface area contributed by atoms with Gasteiger partial charge in [0.15, 0.2) is 0 Å². The van der Waals surface area contributed by atoms with Crippen LogP contribution < -0.4 is 0 Å². The molecule has 0 bridgehead atoms. The van der Waals surface area contributed by atoms with Gasteiger partial charge in [-0.15, -0.1) is 0 Å². The van der Waals surface area contributed by atoms with Crippen LogP contribution in [-0.2, 0) is 26.2 Å². The summed E-state index contributed by atoms with van der Waals surface area (Å²) < 4.78 is 2.03. The summed E-state index contributed by atoms with van der Waals surface area (Å²) in [4.78, 5) is 2.45. The lowest BCUT2D eigenvalue weighted by Gasteiger charge is -2.28. The molecule has 0 radical (unpaired) electrons. The summed E-state index contributed by atoms with van der Waals surface area (Å²) in [6.07, 6.45) is 8.66. The molecule has 1 saturated carbocycles. The van der Waals surface area contributed by atoms with Crippen molar-refractivity contribution >= 4 is 0 Å². The number of aliphatic hydroxyl groups is 1. The minimum absolute atomic E-state index is 0.0214. The number of aromatic amines is 1. The maximum Gasteiger partial charge on any atom is 0.0882 e. The summed E-state index contributed by atoms with van der Waals surface area (Å²) in [6.45, 7) is 3.75. The average Bonchev–Trinajstić information content (AvgIpc) is 3.21. The SMILES string of the molecule is OCc1cc2n(n1)CCN(Cc1cn[nH]c1C1CCCCC1)C2. The van der Waals surface area contributed by atoms with E-state index >= 15 is 0 Å². The molecule has 1 aliphatic carbocycles. The average molecular weight is 315 g/mol. The first kappa shape index (κ1) is 14.9. The topological polar surface area (TPSA) is 70.0 Å². The molecule has 2 aromatic rings. The first-order chi connectivity index (χ1) is 11.3. The first-order valence-electron chi connectivity index (χ1n) is 8.74. The highest BCUT2D eigenvalue weighted by atomic mass is 16.3. The molecular weight excluding hydrogens is 290 g/mol. The molecule has 6 nitrogen and oxygen atoms in total. The maximum absolute atomic E-state index is 9.24. The van der Waals surface area contributed by atoms with Gasteiger partial charge in [0.25, 0.3) is 0 Å². The van der Waals surface area contributed by atoms with Crippen molar-refractivity contribution < 1.29 is 5.11 Å². The van der Waals surface area contributed by atoms with Crippen LogP contribution in [0.5, 0.6) is 0 Å². The van der Waals surface area contributed by atoms with Crippen LogP contribution in [0.3, 0.4) is 0 Å². The molecule has 1 fully saturated rings. The molecule has 0 unspecified atom stereocenters. The standard InChI is InChI=1S/C17H25N5O/c23-12-15-8-16-11-21(6-7-22(16)20-15)10-14-9-18-19-17(14)13-4-2-1-3-5-13/h8-9,13,23H,1-7,10-12H2,(H,18,19). The Kier molecular flexibility index (Phi) is 4.18. The van der Waals surface area contributed by atoms with E-state index in [4.69, 9.17) is 0 Å². The predicted molar refractivity (Wildman–Crippen MR) is 86.7 cm³/mol. The third-order valence-corrected chi connectivity index (χ3v) is 5.25. The first-order valence-corrected chi connectivity index (χ1v) is 8.74. The third kappa shape index (κ3) is 3.05. The molecule has 0 atom stereocenters. The van der Waals surface area contributed by atoms with Crippen molar-refractivity contribution in [3.63, 3.8) is 0 Å². The van der Waals surface area contributed by atoms with Gasteiger partial charge < -0.3 is 5.11 Å². The molecule has 23 heavy (non-hydrogen) atoms. The fourth-order valence-electron chi connectivity index (χ4n) is 4.03. The van der Waals surface area contributed by atoms with Crippen molar-refractivity contribution in [2.75, 3.05) is 6.54 Å². The number of H-pyrrole nitrogens is 1. The largest absolute Gasteiger partial charge is 0.390 e. The van der Waals surface area contributed by atoms with E-state index < -0.39 is 0 Å². The molecule has 0 aromatic carbocycles. The van der Waals surface area contributed by atoms with Crippen LogP contribution in [0.15, 0.2) is 12.3 Å². The van der Waals surface area contributed by atoms with Crippen LogP contribution in [0.2, 0.25) is 0 Å². The molecule has 2 aliphatic rings. The van der Waals surface area contributed by atoms with Crippen LogP contribution in [0.25, 0.3) is 0 Å². The number of rotatable bonds is 4. The highest BCUT2D eigenvalue weighted by molar-refractivity contribution is 5.21. The highest BCUT2D eigenvalue weighted by Crippen LogP contribution is 2.33. The molecule has 1 aliphatic heterocycles. The molecule has 2 aromatic heterocycles. The van der Waals surface area contributed by atoms with E-state index in [1.165, 1.54) is 49.1 Å². The molecule has 0 amide bonds. The lowest BCUT2D eigenvalue weighted by Crippen LogP contribution is -2.33. The van der Waals surface area contributed by atoms with Crippen molar-refractivity contribution in [3.05, 3.63) is 34.9 Å². The normalized spacial score (nSPS) is 19.9. The third-order valence-electron chi connectivity index (χ3n) is 5.25. The van der Waals surface area contributed by atoms with Crippen molar-refractivity contribution in [2.45, 2.75) is 64.3 Å². The Labute approximate surface area is 136 Å². The van der Waals surface area contributed by atoms with Gasteiger partial charge in [-0.05, 0) is 18.9 Å². The Balaban J connectivity index is 1.46. The molecular formula is C17H25N5O. The Hall–Kier alpha value is -1.66. The molecule has 0 spiro atoms. The van der Waals surface area contributed by atoms with Gasteiger partial charge in [0, 0.05) is 36.8 Å². The predicted octanol–water partition coefficient (Wildman–Crippen LogP) is 2.16. The van der Waals surface area contributed by atoms with Crippen LogP contribution >= 0.6 is 0 Å². The number of fused-ring (bicyclic) bond motifs is 1. The molecule has 3 heterocycles. The minimum atomic E-state index is 0.0214. The second-order valence-corrected chi connectivity index (χ2v) is 6.86. The number of nitrogens with one attached hydrogen (secondary N) is 1. The summed E-state index contributed by atoms with van der Waals surface area (Å²) in [7, 11) is 0. The summed E-state index contributed by atoms with van der Waals surface area (Å²) >= 11 is 0. The van der Waals surface area contributed by atoms with Crippen molar-refractivity contribution in [1.82, 2.24) is 24.9 Å². The van der Waals surface area contributed by atoms with Gasteiger partial charge in [0.2, 0.25) is 0 Å². The van der Waals surface area contributed by atoms with E-state index in [2.05, 4.69) is 20.2 Å². The smallest absolute Gasteiger partial charge is 0.0882 e. The van der Waals surface area contributed by atoms with Crippen LogP contribution in [0.1, 0.15) is 60.7 Å². The van der Waals surface area contributed by atoms with Crippen LogP contribution in [0, 0.1) is 0 Å². The minimum Gasteiger partial charge on any atom is -0.390 e. The Morgan fingerprint density at radius 1 is 1.22 bits per heavy atom. The van der Waals surface area contributed by atoms with Crippen molar-refractivity contribution in [3.8, 4) is 0 Å². The molecule has 4 rings (SSSR count). The van der Waals surface area contributed by atoms with Crippen molar-refractivity contribution in [2.24, 2.45) is 0 Å². The number of nitrogens with zero attached hydrogens (tertiary/aromatic N) is 4. The molecule has 124 valence electrons. The Morgan fingerprint density at radius 3 is 2.91 bits per heavy atom. The van der Waals surface area contributed by atoms with Gasteiger partial charge in [-0.2, -0.15) is 10.2 Å². The fourth-order valence-corrected chi connectivity index (χ4v) is 4.03. The zero-order valence-corrected chi connectivity index (χ0v) is 13.5. The molecule has 2 N–H and O–H groups in total. The number of aromatic nitrogens is 4. The van der Waals surface area contributed by atoms with E-state index in [1.54, 1.807) is 0 Å². The fraction of sp³-hybridized carbons (Fsp3) is 0.647. The second kappa shape index (κ2) is 6.45. The maximum atomic E-state index is 9.24. The van der Waals surface area contributed by atoms with Gasteiger partial charge in [0.05, 0.1) is 30.7 Å². The summed E-state index contributed by atoms with van der Waals surface area (Å²) in [5, 5.41) is 21.2. The van der Waals surface area contributed by atoms with Crippen molar-refractivity contribution in [1.29, 1.82) is 0 Å². The van der Waals surface area contributed by atoms with Gasteiger partial charge in [-0.1, -0.05) is 19.3 Å². The molecule has 0 saturated heterocycles. The second-order valence-electron chi connectivity index (χ2n) is 6.86. The van der Waals surface area contributed by atoms with E-state index in [9.17, 15) is 5.11 Å².